The van der Waals surface area contributed by atoms with E-state index in [2.05, 4.69) is 24.1 Å². The Morgan fingerprint density at radius 2 is 1.67 bits per heavy atom. The molecule has 1 N–H and O–H groups in total. The lowest BCUT2D eigenvalue weighted by Crippen LogP contribution is -2.47. The van der Waals surface area contributed by atoms with E-state index >= 15 is 0 Å². The highest BCUT2D eigenvalue weighted by Gasteiger charge is 2.35. The molecule has 0 bridgehead atoms. The fourth-order valence-corrected chi connectivity index (χ4v) is 4.41. The van der Waals surface area contributed by atoms with Crippen molar-refractivity contribution in [3.8, 4) is 0 Å². The lowest BCUT2D eigenvalue weighted by Gasteiger charge is -2.33. The summed E-state index contributed by atoms with van der Waals surface area (Å²) in [6.07, 6.45) is 10.1. The highest BCUT2D eigenvalue weighted by Crippen LogP contribution is 2.31. The van der Waals surface area contributed by atoms with Gasteiger partial charge in [-0.1, -0.05) is 45.2 Å². The molecular weight excluding hydrogens is 414 g/mol. The van der Waals surface area contributed by atoms with Gasteiger partial charge in [-0.3, -0.25) is 19.5 Å². The Hall–Kier alpha value is -3.41. The molecule has 1 aliphatic rings. The molecule has 172 valence electrons. The number of carbonyl (C=O) groups is 2. The van der Waals surface area contributed by atoms with Crippen LogP contribution in [0.3, 0.4) is 0 Å². The van der Waals surface area contributed by atoms with Gasteiger partial charge in [-0.25, -0.2) is 0 Å². The van der Waals surface area contributed by atoms with Crippen molar-refractivity contribution in [2.45, 2.75) is 64.0 Å². The maximum Gasteiger partial charge on any atom is 0.294 e. The predicted molar refractivity (Wildman–Crippen MR) is 128 cm³/mol. The third kappa shape index (κ3) is 5.33. The van der Waals surface area contributed by atoms with Crippen molar-refractivity contribution in [2.24, 2.45) is 0 Å². The maximum absolute atomic E-state index is 13.7. The van der Waals surface area contributed by atoms with Gasteiger partial charge in [0, 0.05) is 24.1 Å². The van der Waals surface area contributed by atoms with Gasteiger partial charge < -0.3 is 9.73 Å². The van der Waals surface area contributed by atoms with Gasteiger partial charge in [0.25, 0.3) is 5.91 Å². The second-order valence-electron chi connectivity index (χ2n) is 8.93. The first-order valence-corrected chi connectivity index (χ1v) is 11.7. The second-order valence-corrected chi connectivity index (χ2v) is 8.93. The van der Waals surface area contributed by atoms with Gasteiger partial charge in [0.1, 0.15) is 6.04 Å². The minimum absolute atomic E-state index is 0.125. The van der Waals surface area contributed by atoms with Crippen molar-refractivity contribution in [1.29, 1.82) is 0 Å². The van der Waals surface area contributed by atoms with Crippen LogP contribution in [0.25, 0.3) is 0 Å². The first-order chi connectivity index (χ1) is 16.0. The van der Waals surface area contributed by atoms with Crippen molar-refractivity contribution >= 4 is 17.5 Å². The van der Waals surface area contributed by atoms with E-state index in [1.807, 2.05) is 24.3 Å². The Balaban J connectivity index is 1.76. The third-order valence-corrected chi connectivity index (χ3v) is 6.27. The van der Waals surface area contributed by atoms with Crippen LogP contribution >= 0.6 is 0 Å². The van der Waals surface area contributed by atoms with Crippen LogP contribution in [0, 0.1) is 0 Å². The van der Waals surface area contributed by atoms with E-state index in [1.54, 1.807) is 36.7 Å². The number of rotatable bonds is 7. The number of furan rings is 1. The number of carbonyl (C=O) groups excluding carboxylic acids is 2. The number of benzene rings is 1. The first kappa shape index (κ1) is 22.8. The van der Waals surface area contributed by atoms with Crippen LogP contribution in [0.2, 0.25) is 0 Å². The second kappa shape index (κ2) is 10.5. The smallest absolute Gasteiger partial charge is 0.294 e. The minimum atomic E-state index is -0.850. The van der Waals surface area contributed by atoms with Gasteiger partial charge in [0.2, 0.25) is 5.91 Å². The van der Waals surface area contributed by atoms with Gasteiger partial charge in [-0.2, -0.15) is 0 Å². The van der Waals surface area contributed by atoms with Gasteiger partial charge in [0.15, 0.2) is 5.76 Å². The molecule has 0 unspecified atom stereocenters. The van der Waals surface area contributed by atoms with Crippen LogP contribution in [0.4, 0.5) is 5.69 Å². The number of pyridine rings is 1. The molecular formula is C27H31N3O3. The maximum atomic E-state index is 13.7. The molecule has 33 heavy (non-hydrogen) atoms. The van der Waals surface area contributed by atoms with Crippen molar-refractivity contribution < 1.29 is 14.0 Å². The number of nitrogens with one attached hydrogen (secondary N) is 1. The number of aromatic nitrogens is 1. The minimum Gasteiger partial charge on any atom is -0.459 e. The lowest BCUT2D eigenvalue weighted by atomic mass is 9.94. The van der Waals surface area contributed by atoms with E-state index in [9.17, 15) is 9.59 Å². The summed E-state index contributed by atoms with van der Waals surface area (Å²) in [5, 5.41) is 3.21. The molecule has 0 radical (unpaired) electrons. The van der Waals surface area contributed by atoms with Crippen molar-refractivity contribution in [3.63, 3.8) is 0 Å². The van der Waals surface area contributed by atoms with Gasteiger partial charge in [-0.15, -0.1) is 0 Å². The van der Waals surface area contributed by atoms with E-state index < -0.39 is 6.04 Å². The highest BCUT2D eigenvalue weighted by atomic mass is 16.3. The largest absolute Gasteiger partial charge is 0.459 e. The topological polar surface area (TPSA) is 75.4 Å². The lowest BCUT2D eigenvalue weighted by molar-refractivity contribution is -0.123. The molecule has 1 saturated carbocycles. The normalized spacial score (nSPS) is 15.2. The molecule has 4 rings (SSSR count). The zero-order chi connectivity index (χ0) is 23.2. The molecule has 1 aliphatic carbocycles. The molecule has 0 aliphatic heterocycles. The summed E-state index contributed by atoms with van der Waals surface area (Å²) in [5.74, 6) is -0.00910. The third-order valence-electron chi connectivity index (χ3n) is 6.27. The Morgan fingerprint density at radius 3 is 2.27 bits per heavy atom. The summed E-state index contributed by atoms with van der Waals surface area (Å²) in [4.78, 5) is 33.0. The number of nitrogens with zero attached hydrogens (tertiary/aromatic N) is 2. The number of hydrogen-bond acceptors (Lipinski definition) is 4. The highest BCUT2D eigenvalue weighted by molar-refractivity contribution is 6.08. The van der Waals surface area contributed by atoms with E-state index in [0.717, 1.165) is 31.2 Å². The Bertz CT molecular complexity index is 1040. The SMILES string of the molecule is CC(C)c1ccc(N(C(=O)c2ccco2)[C@@H](C(=O)NC2CCCCC2)c2ccncc2)cc1. The van der Waals surface area contributed by atoms with Crippen LogP contribution in [0.15, 0.2) is 71.6 Å². The van der Waals surface area contributed by atoms with Crippen LogP contribution in [0.1, 0.15) is 79.6 Å². The fraction of sp³-hybridized carbons (Fsp3) is 0.370. The zero-order valence-corrected chi connectivity index (χ0v) is 19.2. The Labute approximate surface area is 195 Å². The molecule has 6 heteroatoms. The zero-order valence-electron chi connectivity index (χ0n) is 19.2. The molecule has 1 fully saturated rings. The number of anilines is 1. The van der Waals surface area contributed by atoms with E-state index in [0.29, 0.717) is 17.2 Å². The Kier molecular flexibility index (Phi) is 7.23. The summed E-state index contributed by atoms with van der Waals surface area (Å²) in [6, 6.07) is 14.0. The number of amides is 2. The Morgan fingerprint density at radius 1 is 0.970 bits per heavy atom. The molecule has 0 saturated heterocycles. The van der Waals surface area contributed by atoms with Gasteiger partial charge >= 0.3 is 0 Å². The molecule has 2 heterocycles. The number of hydrogen-bond donors (Lipinski definition) is 1. The molecule has 0 spiro atoms. The summed E-state index contributed by atoms with van der Waals surface area (Å²) < 4.78 is 5.44. The van der Waals surface area contributed by atoms with Gasteiger partial charge in [0.05, 0.1) is 6.26 Å². The molecule has 3 aromatic rings. The predicted octanol–water partition coefficient (Wildman–Crippen LogP) is 5.64. The van der Waals surface area contributed by atoms with Crippen LogP contribution in [-0.4, -0.2) is 22.8 Å². The summed E-state index contributed by atoms with van der Waals surface area (Å²) >= 11 is 0. The van der Waals surface area contributed by atoms with Crippen molar-refractivity contribution in [2.75, 3.05) is 4.90 Å². The van der Waals surface area contributed by atoms with E-state index in [1.165, 1.54) is 17.6 Å². The molecule has 2 amide bonds. The van der Waals surface area contributed by atoms with Crippen molar-refractivity contribution in [1.82, 2.24) is 10.3 Å². The summed E-state index contributed by atoms with van der Waals surface area (Å²) in [6.45, 7) is 4.25. The van der Waals surface area contributed by atoms with Crippen molar-refractivity contribution in [3.05, 3.63) is 84.1 Å². The average molecular weight is 446 g/mol. The summed E-state index contributed by atoms with van der Waals surface area (Å²) in [7, 11) is 0. The van der Waals surface area contributed by atoms with E-state index in [4.69, 9.17) is 4.42 Å². The van der Waals surface area contributed by atoms with Crippen LogP contribution < -0.4 is 10.2 Å². The monoisotopic (exact) mass is 445 g/mol. The molecule has 2 aromatic heterocycles. The quantitative estimate of drug-likeness (QED) is 0.511. The van der Waals surface area contributed by atoms with Crippen LogP contribution in [-0.2, 0) is 4.79 Å². The fourth-order valence-electron chi connectivity index (χ4n) is 4.41. The first-order valence-electron chi connectivity index (χ1n) is 11.7. The molecule has 6 nitrogen and oxygen atoms in total. The molecule has 1 atom stereocenters. The van der Waals surface area contributed by atoms with Gasteiger partial charge in [-0.05, 0) is 66.3 Å². The molecule has 1 aromatic carbocycles. The van der Waals surface area contributed by atoms with E-state index in [-0.39, 0.29) is 23.6 Å². The standard InChI is InChI=1S/C27H31N3O3/c1-19(2)20-10-12-23(13-11-20)30(27(32)24-9-6-18-33-24)25(21-14-16-28-17-15-21)26(31)29-22-7-4-3-5-8-22/h6,9-19,22,25H,3-5,7-8H2,1-2H3,(H,29,31)/t25-/m1/s1. The average Bonchev–Trinajstić information content (AvgIpc) is 3.38. The van der Waals surface area contributed by atoms with Crippen LogP contribution in [0.5, 0.6) is 0 Å². The summed E-state index contributed by atoms with van der Waals surface area (Å²) in [5.41, 5.74) is 2.50.